The van der Waals surface area contributed by atoms with Crippen molar-refractivity contribution in [2.45, 2.75) is 0 Å². The number of hydrogen-bond donors (Lipinski definition) is 0. The molecule has 0 atom stereocenters. The van der Waals surface area contributed by atoms with Crippen LogP contribution in [-0.4, -0.2) is 22.5 Å². The van der Waals surface area contributed by atoms with Crippen molar-refractivity contribution in [1.82, 2.24) is 9.97 Å². The van der Waals surface area contributed by atoms with E-state index in [1.54, 1.807) is 0 Å². The Morgan fingerprint density at radius 2 is 2.10 bits per heavy atom. The lowest BCUT2D eigenvalue weighted by Gasteiger charge is -1.89. The van der Waals surface area contributed by atoms with Gasteiger partial charge in [-0.15, -0.1) is 0 Å². The van der Waals surface area contributed by atoms with Gasteiger partial charge in [-0.05, 0) is 0 Å². The van der Waals surface area contributed by atoms with E-state index in [4.69, 9.17) is 0 Å². The fraction of sp³-hybridized carbons (Fsp3) is 0. The Kier molecular flexibility index (Phi) is 1.84. The van der Waals surface area contributed by atoms with Crippen LogP contribution in [0.5, 0.6) is 0 Å². The number of hydrogen-bond acceptors (Lipinski definition) is 4. The summed E-state index contributed by atoms with van der Waals surface area (Å²) in [6, 6.07) is 0. The van der Waals surface area contributed by atoms with Gasteiger partial charge in [0, 0.05) is 6.20 Å². The second-order valence-corrected chi connectivity index (χ2v) is 1.60. The molecule has 0 radical (unpaired) electrons. The van der Waals surface area contributed by atoms with E-state index in [1.165, 1.54) is 12.5 Å². The summed E-state index contributed by atoms with van der Waals surface area (Å²) in [6.07, 6.45) is 3.58. The molecule has 1 aromatic rings. The maximum Gasteiger partial charge on any atom is 0.169 e. The first-order valence-corrected chi connectivity index (χ1v) is 2.59. The van der Waals surface area contributed by atoms with Crippen molar-refractivity contribution in [1.29, 1.82) is 0 Å². The number of carbonyl (C=O) groups is 2. The molecule has 1 aromatic heterocycles. The molecule has 0 aromatic carbocycles. The molecule has 0 saturated carbocycles. The number of carbonyl (C=O) groups excluding carboxylic acids is 2. The van der Waals surface area contributed by atoms with Gasteiger partial charge in [-0.25, -0.2) is 9.97 Å². The van der Waals surface area contributed by atoms with E-state index in [0.29, 0.717) is 12.6 Å². The van der Waals surface area contributed by atoms with Gasteiger partial charge in [-0.3, -0.25) is 9.59 Å². The quantitative estimate of drug-likeness (QED) is 0.541. The highest BCUT2D eigenvalue weighted by molar-refractivity contribution is 5.87. The lowest BCUT2D eigenvalue weighted by Crippen LogP contribution is -1.94. The molecule has 0 amide bonds. The van der Waals surface area contributed by atoms with Gasteiger partial charge < -0.3 is 0 Å². The third kappa shape index (κ3) is 1.05. The van der Waals surface area contributed by atoms with Crippen molar-refractivity contribution in [2.24, 2.45) is 0 Å². The van der Waals surface area contributed by atoms with Gasteiger partial charge in [-0.2, -0.15) is 0 Å². The highest BCUT2D eigenvalue weighted by atomic mass is 16.1. The molecule has 0 aliphatic rings. The van der Waals surface area contributed by atoms with Crippen molar-refractivity contribution < 1.29 is 9.59 Å². The molecule has 1 heterocycles. The SMILES string of the molecule is O=Cc1cncnc1C=O. The summed E-state index contributed by atoms with van der Waals surface area (Å²) in [5.41, 5.74) is 0.350. The molecule has 0 saturated heterocycles. The molecule has 50 valence electrons. The minimum atomic E-state index is 0.130. The smallest absolute Gasteiger partial charge is 0.169 e. The molecule has 0 aliphatic carbocycles. The van der Waals surface area contributed by atoms with Crippen LogP contribution in [0.1, 0.15) is 20.8 Å². The second kappa shape index (κ2) is 2.82. The first-order chi connectivity index (χ1) is 4.88. The fourth-order valence-corrected chi connectivity index (χ4v) is 0.539. The molecular weight excluding hydrogens is 132 g/mol. The summed E-state index contributed by atoms with van der Waals surface area (Å²) in [6.45, 7) is 0. The number of aromatic nitrogens is 2. The lowest BCUT2D eigenvalue weighted by atomic mass is 10.3. The van der Waals surface area contributed by atoms with E-state index < -0.39 is 0 Å². The van der Waals surface area contributed by atoms with Crippen LogP contribution in [0.4, 0.5) is 0 Å². The van der Waals surface area contributed by atoms with Crippen molar-refractivity contribution in [3.05, 3.63) is 23.8 Å². The van der Waals surface area contributed by atoms with E-state index in [2.05, 4.69) is 9.97 Å². The van der Waals surface area contributed by atoms with Gasteiger partial charge in [0.15, 0.2) is 12.6 Å². The summed E-state index contributed by atoms with van der Waals surface area (Å²) in [5.74, 6) is 0. The highest BCUT2D eigenvalue weighted by Crippen LogP contribution is 1.94. The Hall–Kier alpha value is -1.58. The molecule has 0 unspecified atom stereocenters. The minimum Gasteiger partial charge on any atom is -0.298 e. The summed E-state index contributed by atoms with van der Waals surface area (Å²) < 4.78 is 0. The monoisotopic (exact) mass is 136 g/mol. The third-order valence-corrected chi connectivity index (χ3v) is 1.01. The Labute approximate surface area is 56.9 Å². The van der Waals surface area contributed by atoms with Crippen molar-refractivity contribution in [3.8, 4) is 0 Å². The minimum absolute atomic E-state index is 0.130. The molecule has 10 heavy (non-hydrogen) atoms. The summed E-state index contributed by atoms with van der Waals surface area (Å²) in [7, 11) is 0. The van der Waals surface area contributed by atoms with Gasteiger partial charge in [0.2, 0.25) is 0 Å². The average molecular weight is 136 g/mol. The van der Waals surface area contributed by atoms with E-state index in [-0.39, 0.29) is 11.3 Å². The molecule has 0 spiro atoms. The van der Waals surface area contributed by atoms with Crippen LogP contribution >= 0.6 is 0 Å². The Morgan fingerprint density at radius 1 is 1.30 bits per heavy atom. The molecule has 4 heteroatoms. The van der Waals surface area contributed by atoms with Crippen LogP contribution < -0.4 is 0 Å². The zero-order chi connectivity index (χ0) is 7.40. The Bertz CT molecular complexity index is 233. The van der Waals surface area contributed by atoms with Crippen LogP contribution in [0, 0.1) is 0 Å². The van der Waals surface area contributed by atoms with Crippen molar-refractivity contribution in [3.63, 3.8) is 0 Å². The maximum absolute atomic E-state index is 10.1. The zero-order valence-electron chi connectivity index (χ0n) is 5.02. The normalized spacial score (nSPS) is 8.80. The number of nitrogens with zero attached hydrogens (tertiary/aromatic N) is 2. The first-order valence-electron chi connectivity index (χ1n) is 2.59. The average Bonchev–Trinajstić information content (AvgIpc) is 2.04. The van der Waals surface area contributed by atoms with Crippen LogP contribution in [0.15, 0.2) is 12.5 Å². The van der Waals surface area contributed by atoms with Crippen molar-refractivity contribution in [2.75, 3.05) is 0 Å². The zero-order valence-corrected chi connectivity index (χ0v) is 5.02. The number of rotatable bonds is 2. The van der Waals surface area contributed by atoms with Gasteiger partial charge in [0.25, 0.3) is 0 Å². The Morgan fingerprint density at radius 3 is 2.60 bits per heavy atom. The molecule has 4 nitrogen and oxygen atoms in total. The molecular formula is C6H4N2O2. The van der Waals surface area contributed by atoms with Gasteiger partial charge >= 0.3 is 0 Å². The van der Waals surface area contributed by atoms with Crippen LogP contribution in [0.3, 0.4) is 0 Å². The van der Waals surface area contributed by atoms with Crippen molar-refractivity contribution >= 4 is 12.6 Å². The standard InChI is InChI=1S/C6H4N2O2/c9-2-5-1-7-4-8-6(5)3-10/h1-4H. The predicted molar refractivity (Wildman–Crippen MR) is 32.8 cm³/mol. The molecule has 1 rings (SSSR count). The van der Waals surface area contributed by atoms with E-state index in [0.717, 1.165) is 0 Å². The Balaban J connectivity index is 3.20. The largest absolute Gasteiger partial charge is 0.298 e. The van der Waals surface area contributed by atoms with Gasteiger partial charge in [0.05, 0.1) is 5.56 Å². The molecule has 0 bridgehead atoms. The molecule has 0 fully saturated rings. The van der Waals surface area contributed by atoms with Crippen LogP contribution in [0.25, 0.3) is 0 Å². The second-order valence-electron chi connectivity index (χ2n) is 1.60. The topological polar surface area (TPSA) is 59.9 Å². The molecule has 0 N–H and O–H groups in total. The maximum atomic E-state index is 10.1. The summed E-state index contributed by atoms with van der Waals surface area (Å²) >= 11 is 0. The predicted octanol–water partition coefficient (Wildman–Crippen LogP) is 0.102. The van der Waals surface area contributed by atoms with Crippen LogP contribution in [0.2, 0.25) is 0 Å². The van der Waals surface area contributed by atoms with Gasteiger partial charge in [-0.1, -0.05) is 0 Å². The van der Waals surface area contributed by atoms with Crippen LogP contribution in [-0.2, 0) is 0 Å². The fourth-order valence-electron chi connectivity index (χ4n) is 0.539. The summed E-state index contributed by atoms with van der Waals surface area (Å²) in [4.78, 5) is 27.4. The lowest BCUT2D eigenvalue weighted by molar-refractivity contribution is 0.109. The van der Waals surface area contributed by atoms with E-state index in [1.807, 2.05) is 0 Å². The van der Waals surface area contributed by atoms with E-state index >= 15 is 0 Å². The number of aldehydes is 2. The van der Waals surface area contributed by atoms with Gasteiger partial charge in [0.1, 0.15) is 12.0 Å². The first kappa shape index (κ1) is 6.54. The molecule has 0 aliphatic heterocycles. The van der Waals surface area contributed by atoms with E-state index in [9.17, 15) is 9.59 Å². The third-order valence-electron chi connectivity index (χ3n) is 1.01. The summed E-state index contributed by atoms with van der Waals surface area (Å²) in [5, 5.41) is 0. The highest BCUT2D eigenvalue weighted by Gasteiger charge is 1.98.